The Morgan fingerprint density at radius 3 is 2.71 bits per heavy atom. The molecule has 0 aliphatic carbocycles. The summed E-state index contributed by atoms with van der Waals surface area (Å²) in [6.45, 7) is 8.22. The maximum absolute atomic E-state index is 6.25. The largest absolute Gasteiger partial charge is 0.487 e. The summed E-state index contributed by atoms with van der Waals surface area (Å²) < 4.78 is 7.74. The molecule has 0 atom stereocenters. The van der Waals surface area contributed by atoms with Gasteiger partial charge in [-0.25, -0.2) is 0 Å². The Morgan fingerprint density at radius 2 is 2.10 bits per heavy atom. The normalized spacial score (nSPS) is 10.9. The van der Waals surface area contributed by atoms with E-state index in [0.29, 0.717) is 11.6 Å². The minimum atomic E-state index is 0.415. The summed E-state index contributed by atoms with van der Waals surface area (Å²) in [7, 11) is 1.88. The second kappa shape index (κ2) is 6.96. The number of halogens is 1. The molecule has 0 radical (unpaired) electrons. The molecule has 0 unspecified atom stereocenters. The minimum Gasteiger partial charge on any atom is -0.487 e. The van der Waals surface area contributed by atoms with Gasteiger partial charge in [-0.2, -0.15) is 5.10 Å². The summed E-state index contributed by atoms with van der Waals surface area (Å²) in [5.74, 6) is 0.886. The van der Waals surface area contributed by atoms with Crippen molar-refractivity contribution in [3.05, 3.63) is 45.7 Å². The summed E-state index contributed by atoms with van der Waals surface area (Å²) in [6.07, 6.45) is 0. The first kappa shape index (κ1) is 15.9. The molecule has 114 valence electrons. The van der Waals surface area contributed by atoms with E-state index in [1.165, 1.54) is 5.56 Å². The van der Waals surface area contributed by atoms with Gasteiger partial charge in [-0.15, -0.1) is 0 Å². The van der Waals surface area contributed by atoms with Crippen LogP contribution in [0.2, 0.25) is 5.02 Å². The van der Waals surface area contributed by atoms with E-state index < -0.39 is 0 Å². The Morgan fingerprint density at radius 1 is 1.33 bits per heavy atom. The van der Waals surface area contributed by atoms with E-state index in [2.05, 4.69) is 36.4 Å². The molecule has 21 heavy (non-hydrogen) atoms. The number of benzene rings is 1. The molecule has 0 spiro atoms. The average molecular weight is 308 g/mol. The fourth-order valence-electron chi connectivity index (χ4n) is 2.23. The van der Waals surface area contributed by atoms with Gasteiger partial charge in [-0.1, -0.05) is 36.2 Å². The fraction of sp³-hybridized carbons (Fsp3) is 0.438. The number of aryl methyl sites for hydroxylation is 3. The molecule has 1 aromatic carbocycles. The van der Waals surface area contributed by atoms with Gasteiger partial charge in [0.05, 0.1) is 16.4 Å². The van der Waals surface area contributed by atoms with Crippen molar-refractivity contribution in [2.45, 2.75) is 33.9 Å². The van der Waals surface area contributed by atoms with E-state index in [1.807, 2.05) is 20.0 Å². The van der Waals surface area contributed by atoms with Crippen LogP contribution in [0.5, 0.6) is 5.75 Å². The zero-order chi connectivity index (χ0) is 15.4. The second-order valence-corrected chi connectivity index (χ2v) is 5.53. The summed E-state index contributed by atoms with van der Waals surface area (Å²) in [5, 5.41) is 8.31. The zero-order valence-corrected chi connectivity index (χ0v) is 13.8. The Kier molecular flexibility index (Phi) is 5.26. The molecule has 0 saturated carbocycles. The zero-order valence-electron chi connectivity index (χ0n) is 13.0. The first-order valence-electron chi connectivity index (χ1n) is 7.14. The molecule has 1 aromatic heterocycles. The first-order valence-corrected chi connectivity index (χ1v) is 7.51. The van der Waals surface area contributed by atoms with Gasteiger partial charge >= 0.3 is 0 Å². The maximum Gasteiger partial charge on any atom is 0.131 e. The third-order valence-corrected chi connectivity index (χ3v) is 3.90. The van der Waals surface area contributed by atoms with Crippen molar-refractivity contribution < 1.29 is 4.74 Å². The Hall–Kier alpha value is -1.52. The van der Waals surface area contributed by atoms with Crippen LogP contribution in [0.1, 0.15) is 29.4 Å². The Labute approximate surface area is 131 Å². The molecular formula is C16H22ClN3O. The Balaban J connectivity index is 2.15. The van der Waals surface area contributed by atoms with E-state index in [0.717, 1.165) is 35.8 Å². The van der Waals surface area contributed by atoms with Crippen LogP contribution >= 0.6 is 11.6 Å². The summed E-state index contributed by atoms with van der Waals surface area (Å²) in [4.78, 5) is 0. The van der Waals surface area contributed by atoms with Gasteiger partial charge in [-0.3, -0.25) is 4.68 Å². The highest BCUT2D eigenvalue weighted by atomic mass is 35.5. The van der Waals surface area contributed by atoms with Gasteiger partial charge in [0.25, 0.3) is 0 Å². The molecule has 0 bridgehead atoms. The predicted molar refractivity (Wildman–Crippen MR) is 85.8 cm³/mol. The number of aromatic nitrogens is 2. The fourth-order valence-corrected chi connectivity index (χ4v) is 2.44. The van der Waals surface area contributed by atoms with Crippen LogP contribution in [-0.2, 0) is 20.2 Å². The van der Waals surface area contributed by atoms with E-state index in [1.54, 1.807) is 4.68 Å². The van der Waals surface area contributed by atoms with Crippen molar-refractivity contribution in [2.75, 3.05) is 6.54 Å². The van der Waals surface area contributed by atoms with Gasteiger partial charge in [0, 0.05) is 19.2 Å². The van der Waals surface area contributed by atoms with Crippen LogP contribution in [0.3, 0.4) is 0 Å². The molecule has 1 N–H and O–H groups in total. The van der Waals surface area contributed by atoms with Crippen molar-refractivity contribution in [2.24, 2.45) is 7.05 Å². The average Bonchev–Trinajstić information content (AvgIpc) is 2.69. The molecule has 0 aliphatic rings. The molecule has 5 heteroatoms. The van der Waals surface area contributed by atoms with Crippen molar-refractivity contribution in [1.82, 2.24) is 15.1 Å². The summed E-state index contributed by atoms with van der Waals surface area (Å²) in [6, 6.07) is 6.22. The van der Waals surface area contributed by atoms with E-state index in [-0.39, 0.29) is 0 Å². The van der Waals surface area contributed by atoms with Crippen molar-refractivity contribution in [1.29, 1.82) is 0 Å². The first-order chi connectivity index (χ1) is 10.0. The monoisotopic (exact) mass is 307 g/mol. The quantitative estimate of drug-likeness (QED) is 0.889. The van der Waals surface area contributed by atoms with Crippen LogP contribution in [0.15, 0.2) is 18.2 Å². The van der Waals surface area contributed by atoms with Gasteiger partial charge in [0.1, 0.15) is 12.4 Å². The van der Waals surface area contributed by atoms with Crippen molar-refractivity contribution in [3.8, 4) is 5.75 Å². The minimum absolute atomic E-state index is 0.415. The highest BCUT2D eigenvalue weighted by Gasteiger charge is 2.12. The van der Waals surface area contributed by atoms with Gasteiger partial charge in [0.2, 0.25) is 0 Å². The standard InChI is InChI=1S/C16H22ClN3O/c1-5-18-9-13-8-11(2)6-7-15(13)21-10-14-16(17)12(3)19-20(14)4/h6-8,18H,5,9-10H2,1-4H3. The van der Waals surface area contributed by atoms with Gasteiger partial charge in [-0.05, 0) is 26.5 Å². The highest BCUT2D eigenvalue weighted by Crippen LogP contribution is 2.24. The molecule has 0 saturated heterocycles. The third-order valence-electron chi connectivity index (χ3n) is 3.41. The predicted octanol–water partition coefficient (Wildman–Crippen LogP) is 3.38. The molecule has 1 heterocycles. The molecule has 2 rings (SSSR count). The SMILES string of the molecule is CCNCc1cc(C)ccc1OCc1c(Cl)c(C)nn1C. The smallest absolute Gasteiger partial charge is 0.131 e. The number of ether oxygens (including phenoxy) is 1. The molecule has 2 aromatic rings. The van der Waals surface area contributed by atoms with Crippen LogP contribution < -0.4 is 10.1 Å². The van der Waals surface area contributed by atoms with E-state index >= 15 is 0 Å². The lowest BCUT2D eigenvalue weighted by molar-refractivity contribution is 0.291. The molecule has 0 fully saturated rings. The van der Waals surface area contributed by atoms with Crippen LogP contribution in [0.25, 0.3) is 0 Å². The van der Waals surface area contributed by atoms with Crippen LogP contribution in [0, 0.1) is 13.8 Å². The molecule has 0 aliphatic heterocycles. The lowest BCUT2D eigenvalue weighted by Gasteiger charge is -2.13. The number of rotatable bonds is 6. The summed E-state index contributed by atoms with van der Waals surface area (Å²) in [5.41, 5.74) is 4.11. The van der Waals surface area contributed by atoms with Crippen molar-refractivity contribution in [3.63, 3.8) is 0 Å². The number of hydrogen-bond acceptors (Lipinski definition) is 3. The lowest BCUT2D eigenvalue weighted by atomic mass is 10.1. The Bertz CT molecular complexity index is 622. The molecular weight excluding hydrogens is 286 g/mol. The van der Waals surface area contributed by atoms with Crippen molar-refractivity contribution >= 4 is 11.6 Å². The lowest BCUT2D eigenvalue weighted by Crippen LogP contribution is -2.13. The number of nitrogens with zero attached hydrogens (tertiary/aromatic N) is 2. The number of hydrogen-bond donors (Lipinski definition) is 1. The topological polar surface area (TPSA) is 39.1 Å². The number of nitrogens with one attached hydrogen (secondary N) is 1. The molecule has 0 amide bonds. The third kappa shape index (κ3) is 3.77. The maximum atomic E-state index is 6.25. The molecule has 4 nitrogen and oxygen atoms in total. The second-order valence-electron chi connectivity index (χ2n) is 5.15. The van der Waals surface area contributed by atoms with E-state index in [4.69, 9.17) is 16.3 Å². The van der Waals surface area contributed by atoms with Gasteiger partial charge in [0.15, 0.2) is 0 Å². The van der Waals surface area contributed by atoms with Crippen LogP contribution in [0.4, 0.5) is 0 Å². The van der Waals surface area contributed by atoms with Gasteiger partial charge < -0.3 is 10.1 Å². The van der Waals surface area contributed by atoms with Crippen LogP contribution in [-0.4, -0.2) is 16.3 Å². The summed E-state index contributed by atoms with van der Waals surface area (Å²) >= 11 is 6.25. The highest BCUT2D eigenvalue weighted by molar-refractivity contribution is 6.31. The van der Waals surface area contributed by atoms with E-state index in [9.17, 15) is 0 Å².